The molecule has 1 aliphatic rings. The predicted molar refractivity (Wildman–Crippen MR) is 98.7 cm³/mol. The van der Waals surface area contributed by atoms with Gasteiger partial charge in [0.1, 0.15) is 23.7 Å². The first kappa shape index (κ1) is 19.8. The maximum atomic E-state index is 13.7. The summed E-state index contributed by atoms with van der Waals surface area (Å²) in [5.74, 6) is -3.02. The zero-order valence-corrected chi connectivity index (χ0v) is 15.5. The summed E-state index contributed by atoms with van der Waals surface area (Å²) < 4.78 is 26.9. The molecule has 2 aromatic rings. The molecule has 0 aromatic heterocycles. The van der Waals surface area contributed by atoms with E-state index in [0.29, 0.717) is 10.6 Å². The van der Waals surface area contributed by atoms with Crippen LogP contribution in [-0.2, 0) is 15.1 Å². The van der Waals surface area contributed by atoms with Crippen molar-refractivity contribution < 1.29 is 23.2 Å². The van der Waals surface area contributed by atoms with Crippen LogP contribution in [0.4, 0.5) is 19.3 Å². The number of rotatable bonds is 5. The Labute approximate surface area is 164 Å². The number of amides is 4. The first-order chi connectivity index (χ1) is 13.3. The molecule has 1 fully saturated rings. The summed E-state index contributed by atoms with van der Waals surface area (Å²) in [6, 6.07) is 8.25. The van der Waals surface area contributed by atoms with Crippen LogP contribution in [0, 0.1) is 11.6 Å². The minimum atomic E-state index is -1.33. The summed E-state index contributed by atoms with van der Waals surface area (Å²) in [4.78, 5) is 38.3. The Morgan fingerprint density at radius 3 is 2.50 bits per heavy atom. The Kier molecular flexibility index (Phi) is 5.33. The van der Waals surface area contributed by atoms with Crippen molar-refractivity contribution in [3.63, 3.8) is 0 Å². The van der Waals surface area contributed by atoms with Gasteiger partial charge >= 0.3 is 6.03 Å². The molecule has 0 bridgehead atoms. The molecule has 2 aromatic carbocycles. The number of nitrogens with one attached hydrogen (secondary N) is 2. The summed E-state index contributed by atoms with van der Waals surface area (Å²) in [6.45, 7) is 1.08. The summed E-state index contributed by atoms with van der Waals surface area (Å²) in [5.41, 5.74) is -1.18. The molecule has 28 heavy (non-hydrogen) atoms. The fourth-order valence-corrected chi connectivity index (χ4v) is 3.20. The molecular weight excluding hydrogens is 392 g/mol. The Morgan fingerprint density at radius 1 is 1.18 bits per heavy atom. The Bertz CT molecular complexity index is 952. The van der Waals surface area contributed by atoms with E-state index in [1.54, 1.807) is 31.2 Å². The SMILES string of the molecule is CCC1(c2ccc(Cl)cc2)NC(=O)N(CC(=O)Nc2cc(F)ccc2F)C1=O. The minimum Gasteiger partial charge on any atom is -0.322 e. The Balaban J connectivity index is 1.80. The first-order valence-corrected chi connectivity index (χ1v) is 8.79. The number of carbonyl (C=O) groups excluding carboxylic acids is 3. The normalized spacial score (nSPS) is 18.9. The van der Waals surface area contributed by atoms with E-state index in [2.05, 4.69) is 10.6 Å². The fourth-order valence-electron chi connectivity index (χ4n) is 3.07. The lowest BCUT2D eigenvalue weighted by Gasteiger charge is -2.25. The van der Waals surface area contributed by atoms with Gasteiger partial charge in [-0.3, -0.25) is 14.5 Å². The van der Waals surface area contributed by atoms with E-state index in [9.17, 15) is 23.2 Å². The van der Waals surface area contributed by atoms with Crippen LogP contribution in [-0.4, -0.2) is 29.3 Å². The van der Waals surface area contributed by atoms with Gasteiger partial charge in [0.2, 0.25) is 5.91 Å². The highest BCUT2D eigenvalue weighted by Gasteiger charge is 2.51. The van der Waals surface area contributed by atoms with Crippen molar-refractivity contribution in [2.24, 2.45) is 0 Å². The maximum Gasteiger partial charge on any atom is 0.325 e. The zero-order valence-electron chi connectivity index (χ0n) is 14.8. The molecule has 3 rings (SSSR count). The van der Waals surface area contributed by atoms with Crippen molar-refractivity contribution in [3.8, 4) is 0 Å². The molecule has 1 atom stereocenters. The lowest BCUT2D eigenvalue weighted by atomic mass is 9.87. The van der Waals surface area contributed by atoms with Gasteiger partial charge in [0.15, 0.2) is 0 Å². The van der Waals surface area contributed by atoms with E-state index in [1.807, 2.05) is 0 Å². The molecule has 1 unspecified atom stereocenters. The lowest BCUT2D eigenvalue weighted by Crippen LogP contribution is -2.44. The van der Waals surface area contributed by atoms with Crippen molar-refractivity contribution in [1.82, 2.24) is 10.2 Å². The van der Waals surface area contributed by atoms with Gasteiger partial charge < -0.3 is 10.6 Å². The number of imide groups is 1. The lowest BCUT2D eigenvalue weighted by molar-refractivity contribution is -0.134. The zero-order chi connectivity index (χ0) is 20.5. The number of anilines is 1. The molecule has 146 valence electrons. The van der Waals surface area contributed by atoms with Gasteiger partial charge in [0.25, 0.3) is 5.91 Å². The van der Waals surface area contributed by atoms with Gasteiger partial charge in [-0.1, -0.05) is 30.7 Å². The van der Waals surface area contributed by atoms with Crippen LogP contribution >= 0.6 is 11.6 Å². The molecule has 6 nitrogen and oxygen atoms in total. The number of carbonyl (C=O) groups is 3. The van der Waals surface area contributed by atoms with E-state index in [4.69, 9.17) is 11.6 Å². The maximum absolute atomic E-state index is 13.7. The predicted octanol–water partition coefficient (Wildman–Crippen LogP) is 3.41. The Morgan fingerprint density at radius 2 is 1.86 bits per heavy atom. The molecule has 0 aliphatic carbocycles. The van der Waals surface area contributed by atoms with Crippen molar-refractivity contribution in [2.75, 3.05) is 11.9 Å². The molecule has 4 amide bonds. The van der Waals surface area contributed by atoms with E-state index in [1.165, 1.54) is 0 Å². The first-order valence-electron chi connectivity index (χ1n) is 8.42. The number of halogens is 3. The third kappa shape index (κ3) is 3.55. The molecule has 0 radical (unpaired) electrons. The van der Waals surface area contributed by atoms with Gasteiger partial charge in [0.05, 0.1) is 5.69 Å². The average molecular weight is 408 g/mol. The molecule has 0 spiro atoms. The molecular formula is C19H16ClF2N3O3. The van der Waals surface area contributed by atoms with Crippen molar-refractivity contribution >= 4 is 35.1 Å². The van der Waals surface area contributed by atoms with Crippen molar-refractivity contribution in [2.45, 2.75) is 18.9 Å². The van der Waals surface area contributed by atoms with Crippen LogP contribution in [0.2, 0.25) is 5.02 Å². The van der Waals surface area contributed by atoms with Crippen LogP contribution in [0.15, 0.2) is 42.5 Å². The molecule has 2 N–H and O–H groups in total. The second-order valence-electron chi connectivity index (χ2n) is 6.26. The number of benzene rings is 2. The average Bonchev–Trinajstić information content (AvgIpc) is 2.90. The van der Waals surface area contributed by atoms with Gasteiger partial charge in [-0.2, -0.15) is 0 Å². The number of hydrogen-bond acceptors (Lipinski definition) is 3. The number of urea groups is 1. The van der Waals surface area contributed by atoms with Gasteiger partial charge in [-0.15, -0.1) is 0 Å². The van der Waals surface area contributed by atoms with Crippen molar-refractivity contribution in [1.29, 1.82) is 0 Å². The van der Waals surface area contributed by atoms with Crippen LogP contribution in [0.3, 0.4) is 0 Å². The van der Waals surface area contributed by atoms with E-state index in [-0.39, 0.29) is 12.1 Å². The third-order valence-corrected chi connectivity index (χ3v) is 4.80. The van der Waals surface area contributed by atoms with Crippen LogP contribution in [0.1, 0.15) is 18.9 Å². The summed E-state index contributed by atoms with van der Waals surface area (Å²) in [7, 11) is 0. The smallest absolute Gasteiger partial charge is 0.322 e. The number of nitrogens with zero attached hydrogens (tertiary/aromatic N) is 1. The fraction of sp³-hybridized carbons (Fsp3) is 0.211. The van der Waals surface area contributed by atoms with Crippen molar-refractivity contribution in [3.05, 3.63) is 64.7 Å². The van der Waals surface area contributed by atoms with Gasteiger partial charge in [-0.25, -0.2) is 13.6 Å². The summed E-state index contributed by atoms with van der Waals surface area (Å²) in [5, 5.41) is 5.26. The van der Waals surface area contributed by atoms with Crippen LogP contribution in [0.5, 0.6) is 0 Å². The second-order valence-corrected chi connectivity index (χ2v) is 6.70. The topological polar surface area (TPSA) is 78.5 Å². The van der Waals surface area contributed by atoms with Crippen LogP contribution < -0.4 is 10.6 Å². The highest BCUT2D eigenvalue weighted by Crippen LogP contribution is 2.33. The minimum absolute atomic E-state index is 0.246. The molecule has 1 saturated heterocycles. The summed E-state index contributed by atoms with van der Waals surface area (Å²) in [6.07, 6.45) is 0.246. The van der Waals surface area contributed by atoms with Gasteiger partial charge in [0, 0.05) is 11.1 Å². The molecule has 0 saturated carbocycles. The number of hydrogen-bond donors (Lipinski definition) is 2. The van der Waals surface area contributed by atoms with E-state index < -0.39 is 41.6 Å². The standard InChI is InChI=1S/C19H16ClF2N3O3/c1-2-19(11-3-5-12(20)6-4-11)17(27)25(18(28)24-19)10-16(26)23-15-9-13(21)7-8-14(15)22/h3-9H,2,10H2,1H3,(H,23,26)(H,24,28). The highest BCUT2D eigenvalue weighted by molar-refractivity contribution is 6.30. The Hall–Kier alpha value is -3.00. The monoisotopic (exact) mass is 407 g/mol. The quantitative estimate of drug-likeness (QED) is 0.745. The summed E-state index contributed by atoms with van der Waals surface area (Å²) >= 11 is 5.88. The van der Waals surface area contributed by atoms with Gasteiger partial charge in [-0.05, 0) is 36.2 Å². The molecule has 1 aliphatic heterocycles. The van der Waals surface area contributed by atoms with Crippen LogP contribution in [0.25, 0.3) is 0 Å². The van der Waals surface area contributed by atoms with E-state index in [0.717, 1.165) is 23.1 Å². The molecule has 9 heteroatoms. The molecule has 1 heterocycles. The third-order valence-electron chi connectivity index (χ3n) is 4.55. The van der Waals surface area contributed by atoms with E-state index >= 15 is 0 Å². The second kappa shape index (κ2) is 7.55. The highest BCUT2D eigenvalue weighted by atomic mass is 35.5. The largest absolute Gasteiger partial charge is 0.325 e.